The Kier molecular flexibility index (Phi) is 3.34. The highest BCUT2D eigenvalue weighted by Gasteiger charge is 2.54. The number of benzene rings is 1. The van der Waals surface area contributed by atoms with Crippen molar-refractivity contribution in [1.82, 2.24) is 9.55 Å². The zero-order valence-electron chi connectivity index (χ0n) is 14.0. The van der Waals surface area contributed by atoms with E-state index in [2.05, 4.69) is 10.3 Å². The SMILES string of the molecule is Cc1ncn(-c2ccc(NC(=O)C3CC4(CC(=O)C4)C3)cc2)c1C. The molecule has 5 heteroatoms. The van der Waals surface area contributed by atoms with Crippen LogP contribution < -0.4 is 5.32 Å². The molecule has 2 saturated carbocycles. The van der Waals surface area contributed by atoms with Gasteiger partial charge in [0.15, 0.2) is 0 Å². The Morgan fingerprint density at radius 1 is 1.21 bits per heavy atom. The molecule has 1 N–H and O–H groups in total. The Hall–Kier alpha value is -2.43. The Balaban J connectivity index is 1.38. The Bertz CT molecular complexity index is 804. The van der Waals surface area contributed by atoms with Crippen LogP contribution in [-0.2, 0) is 9.59 Å². The molecule has 0 unspecified atom stereocenters. The van der Waals surface area contributed by atoms with E-state index < -0.39 is 0 Å². The molecule has 0 radical (unpaired) electrons. The molecule has 2 aliphatic carbocycles. The van der Waals surface area contributed by atoms with Crippen LogP contribution in [0.5, 0.6) is 0 Å². The summed E-state index contributed by atoms with van der Waals surface area (Å²) in [6.07, 6.45) is 4.88. The molecule has 5 nitrogen and oxygen atoms in total. The van der Waals surface area contributed by atoms with Gasteiger partial charge in [-0.15, -0.1) is 0 Å². The third kappa shape index (κ3) is 2.44. The van der Waals surface area contributed by atoms with E-state index in [0.717, 1.165) is 35.6 Å². The summed E-state index contributed by atoms with van der Waals surface area (Å²) in [4.78, 5) is 27.8. The predicted octanol–water partition coefficient (Wildman–Crippen LogP) is 3.19. The number of amides is 1. The van der Waals surface area contributed by atoms with E-state index in [1.54, 1.807) is 0 Å². The maximum absolute atomic E-state index is 12.3. The lowest BCUT2D eigenvalue weighted by Crippen LogP contribution is -2.51. The maximum atomic E-state index is 12.3. The third-order valence-electron chi connectivity index (χ3n) is 5.54. The molecule has 0 aliphatic heterocycles. The second-order valence-electron chi connectivity index (χ2n) is 7.32. The second-order valence-corrected chi connectivity index (χ2v) is 7.32. The molecule has 1 aromatic heterocycles. The van der Waals surface area contributed by atoms with Gasteiger partial charge in [-0.25, -0.2) is 4.98 Å². The van der Waals surface area contributed by atoms with Gasteiger partial charge in [0, 0.05) is 35.8 Å². The molecule has 1 aromatic carbocycles. The van der Waals surface area contributed by atoms with Crippen LogP contribution in [0.1, 0.15) is 37.1 Å². The minimum absolute atomic E-state index is 0.0521. The predicted molar refractivity (Wildman–Crippen MR) is 91.1 cm³/mol. The molecule has 2 aliphatic rings. The number of nitrogens with one attached hydrogen (secondary N) is 1. The van der Waals surface area contributed by atoms with Crippen molar-refractivity contribution in [2.45, 2.75) is 39.5 Å². The summed E-state index contributed by atoms with van der Waals surface area (Å²) in [7, 11) is 0. The van der Waals surface area contributed by atoms with E-state index in [1.165, 1.54) is 0 Å². The van der Waals surface area contributed by atoms with Gasteiger partial charge in [0.25, 0.3) is 0 Å². The summed E-state index contributed by atoms with van der Waals surface area (Å²) in [5, 5.41) is 2.99. The molecule has 2 fully saturated rings. The summed E-state index contributed by atoms with van der Waals surface area (Å²) in [5.41, 5.74) is 4.13. The fourth-order valence-corrected chi connectivity index (χ4v) is 3.95. The summed E-state index contributed by atoms with van der Waals surface area (Å²) < 4.78 is 2.03. The average Bonchev–Trinajstić information content (AvgIpc) is 2.82. The van der Waals surface area contributed by atoms with Crippen molar-refractivity contribution in [3.8, 4) is 5.69 Å². The number of aryl methyl sites for hydroxylation is 1. The van der Waals surface area contributed by atoms with Gasteiger partial charge >= 0.3 is 0 Å². The quantitative estimate of drug-likeness (QED) is 0.943. The lowest BCUT2D eigenvalue weighted by molar-refractivity contribution is -0.148. The highest BCUT2D eigenvalue weighted by molar-refractivity contribution is 5.95. The molecule has 1 heterocycles. The smallest absolute Gasteiger partial charge is 0.227 e. The highest BCUT2D eigenvalue weighted by Crippen LogP contribution is 2.57. The van der Waals surface area contributed by atoms with Crippen molar-refractivity contribution in [3.05, 3.63) is 42.0 Å². The lowest BCUT2D eigenvalue weighted by Gasteiger charge is -2.52. The van der Waals surface area contributed by atoms with Crippen molar-refractivity contribution in [3.63, 3.8) is 0 Å². The Morgan fingerprint density at radius 2 is 1.88 bits per heavy atom. The van der Waals surface area contributed by atoms with Crippen LogP contribution >= 0.6 is 0 Å². The number of carbonyl (C=O) groups is 2. The van der Waals surface area contributed by atoms with Crippen molar-refractivity contribution in [1.29, 1.82) is 0 Å². The molecule has 24 heavy (non-hydrogen) atoms. The zero-order chi connectivity index (χ0) is 16.9. The summed E-state index contributed by atoms with van der Waals surface area (Å²) in [6, 6.07) is 7.81. The number of nitrogens with zero attached hydrogens (tertiary/aromatic N) is 2. The van der Waals surface area contributed by atoms with Gasteiger partial charge in [0.2, 0.25) is 5.91 Å². The molecule has 0 atom stereocenters. The number of ketones is 1. The van der Waals surface area contributed by atoms with Crippen LogP contribution in [0.4, 0.5) is 5.69 Å². The van der Waals surface area contributed by atoms with Crippen LogP contribution in [0.3, 0.4) is 0 Å². The summed E-state index contributed by atoms with van der Waals surface area (Å²) >= 11 is 0. The fourth-order valence-electron chi connectivity index (χ4n) is 3.95. The van der Waals surface area contributed by atoms with Crippen LogP contribution in [-0.4, -0.2) is 21.2 Å². The van der Waals surface area contributed by atoms with Crippen LogP contribution in [0, 0.1) is 25.2 Å². The lowest BCUT2D eigenvalue weighted by atomic mass is 9.51. The van der Waals surface area contributed by atoms with Crippen LogP contribution in [0.2, 0.25) is 0 Å². The minimum Gasteiger partial charge on any atom is -0.326 e. The molecule has 124 valence electrons. The number of Topliss-reactive ketones (excluding diaryl/α,β-unsaturated/α-hetero) is 1. The topological polar surface area (TPSA) is 64.0 Å². The van der Waals surface area contributed by atoms with Crippen molar-refractivity contribution in [2.75, 3.05) is 5.32 Å². The van der Waals surface area contributed by atoms with Gasteiger partial charge in [-0.2, -0.15) is 0 Å². The number of hydrogen-bond donors (Lipinski definition) is 1. The number of hydrogen-bond acceptors (Lipinski definition) is 3. The van der Waals surface area contributed by atoms with E-state index in [4.69, 9.17) is 0 Å². The molecule has 1 spiro atoms. The largest absolute Gasteiger partial charge is 0.326 e. The number of carbonyl (C=O) groups excluding carboxylic acids is 2. The third-order valence-corrected chi connectivity index (χ3v) is 5.54. The molecular weight excluding hydrogens is 302 g/mol. The first-order valence-corrected chi connectivity index (χ1v) is 8.39. The number of rotatable bonds is 3. The first-order chi connectivity index (χ1) is 11.5. The highest BCUT2D eigenvalue weighted by atomic mass is 16.2. The standard InChI is InChI=1S/C19H21N3O2/c1-12-13(2)22(11-20-12)16-5-3-15(4-6-16)21-18(24)14-7-19(8-14)9-17(23)10-19/h3-6,11,14H,7-10H2,1-2H3,(H,21,24). The normalized spacial score (nSPS) is 19.0. The molecule has 2 aromatic rings. The molecule has 0 saturated heterocycles. The first-order valence-electron chi connectivity index (χ1n) is 8.39. The molecule has 1 amide bonds. The van der Waals surface area contributed by atoms with Gasteiger partial charge in [-0.05, 0) is 56.4 Å². The van der Waals surface area contributed by atoms with Gasteiger partial charge in [-0.3, -0.25) is 9.59 Å². The van der Waals surface area contributed by atoms with Gasteiger partial charge < -0.3 is 9.88 Å². The van der Waals surface area contributed by atoms with Gasteiger partial charge in [0.05, 0.1) is 12.0 Å². The van der Waals surface area contributed by atoms with Gasteiger partial charge in [-0.1, -0.05) is 0 Å². The molecular formula is C19H21N3O2. The van der Waals surface area contributed by atoms with E-state index in [-0.39, 0.29) is 17.2 Å². The zero-order valence-corrected chi connectivity index (χ0v) is 14.0. The van der Waals surface area contributed by atoms with E-state index in [0.29, 0.717) is 18.6 Å². The number of imidazole rings is 1. The van der Waals surface area contributed by atoms with Crippen LogP contribution in [0.25, 0.3) is 5.69 Å². The first kappa shape index (κ1) is 15.1. The minimum atomic E-state index is 0.0521. The molecule has 4 rings (SSSR count). The summed E-state index contributed by atoms with van der Waals surface area (Å²) in [6.45, 7) is 4.02. The van der Waals surface area contributed by atoms with E-state index in [9.17, 15) is 9.59 Å². The monoisotopic (exact) mass is 323 g/mol. The average molecular weight is 323 g/mol. The Morgan fingerprint density at radius 3 is 2.42 bits per heavy atom. The van der Waals surface area contributed by atoms with E-state index in [1.807, 2.05) is 49.0 Å². The van der Waals surface area contributed by atoms with E-state index >= 15 is 0 Å². The maximum Gasteiger partial charge on any atom is 0.227 e. The number of aromatic nitrogens is 2. The van der Waals surface area contributed by atoms with Crippen molar-refractivity contribution < 1.29 is 9.59 Å². The Labute approximate surface area is 141 Å². The van der Waals surface area contributed by atoms with Gasteiger partial charge in [0.1, 0.15) is 5.78 Å². The second kappa shape index (κ2) is 5.30. The fraction of sp³-hybridized carbons (Fsp3) is 0.421. The van der Waals surface area contributed by atoms with Crippen molar-refractivity contribution in [2.24, 2.45) is 11.3 Å². The van der Waals surface area contributed by atoms with Crippen molar-refractivity contribution >= 4 is 17.4 Å². The van der Waals surface area contributed by atoms with Crippen LogP contribution in [0.15, 0.2) is 30.6 Å². The summed E-state index contributed by atoms with van der Waals surface area (Å²) in [5.74, 6) is 0.466. The molecule has 0 bridgehead atoms. The number of anilines is 1.